The van der Waals surface area contributed by atoms with Crippen molar-refractivity contribution in [3.63, 3.8) is 0 Å². The number of benzene rings is 1. The number of carbonyl (C=O) groups is 2. The molecule has 0 saturated carbocycles. The number of hydrogen-bond acceptors (Lipinski definition) is 5. The van der Waals surface area contributed by atoms with Gasteiger partial charge in [-0.1, -0.05) is 41.1 Å². The van der Waals surface area contributed by atoms with Gasteiger partial charge in [0.25, 0.3) is 5.91 Å². The van der Waals surface area contributed by atoms with Gasteiger partial charge in [0.15, 0.2) is 5.13 Å². The Kier molecular flexibility index (Phi) is 5.27. The highest BCUT2D eigenvalue weighted by molar-refractivity contribution is 7.15. The molecule has 0 bridgehead atoms. The van der Waals surface area contributed by atoms with E-state index in [9.17, 15) is 9.59 Å². The van der Waals surface area contributed by atoms with Crippen LogP contribution < -0.4 is 5.32 Å². The second kappa shape index (κ2) is 8.00. The fourth-order valence-corrected chi connectivity index (χ4v) is 4.09. The number of rotatable bonds is 4. The summed E-state index contributed by atoms with van der Waals surface area (Å²) in [6.07, 6.45) is 6.74. The predicted molar refractivity (Wildman–Crippen MR) is 108 cm³/mol. The van der Waals surface area contributed by atoms with Gasteiger partial charge in [0.1, 0.15) is 6.26 Å². The Morgan fingerprint density at radius 2 is 2.14 bits per heavy atom. The van der Waals surface area contributed by atoms with Gasteiger partial charge in [-0.25, -0.2) is 4.98 Å². The van der Waals surface area contributed by atoms with Crippen LogP contribution in [0, 0.1) is 0 Å². The van der Waals surface area contributed by atoms with E-state index in [1.807, 2.05) is 18.2 Å². The number of anilines is 1. The molecule has 3 aromatic rings. The van der Waals surface area contributed by atoms with E-state index in [1.165, 1.54) is 29.9 Å². The lowest BCUT2D eigenvalue weighted by Crippen LogP contribution is -2.34. The van der Waals surface area contributed by atoms with Crippen LogP contribution in [0.1, 0.15) is 26.5 Å². The lowest BCUT2D eigenvalue weighted by molar-refractivity contribution is -0.126. The van der Waals surface area contributed by atoms with Crippen LogP contribution in [0.3, 0.4) is 0 Å². The van der Waals surface area contributed by atoms with Gasteiger partial charge < -0.3 is 9.32 Å². The first-order valence-electron chi connectivity index (χ1n) is 8.64. The van der Waals surface area contributed by atoms with Gasteiger partial charge in [0, 0.05) is 28.9 Å². The number of nitrogens with one attached hydrogen (secondary N) is 1. The molecule has 8 heteroatoms. The van der Waals surface area contributed by atoms with Crippen molar-refractivity contribution in [3.8, 4) is 0 Å². The van der Waals surface area contributed by atoms with Gasteiger partial charge in [0.2, 0.25) is 5.91 Å². The third-order valence-electron chi connectivity index (χ3n) is 4.36. The molecule has 1 aliphatic rings. The first kappa shape index (κ1) is 18.5. The summed E-state index contributed by atoms with van der Waals surface area (Å²) in [6, 6.07) is 8.96. The summed E-state index contributed by atoms with van der Waals surface area (Å²) < 4.78 is 4.92. The Labute approximate surface area is 170 Å². The monoisotopic (exact) mass is 413 g/mol. The van der Waals surface area contributed by atoms with E-state index in [0.29, 0.717) is 35.2 Å². The molecule has 142 valence electrons. The van der Waals surface area contributed by atoms with Crippen molar-refractivity contribution in [2.45, 2.75) is 13.0 Å². The zero-order chi connectivity index (χ0) is 19.5. The SMILES string of the molecule is O=C(Nc1nc2c(s1)CN(C(=O)/C=C/c1ccccc1Cl)CC2)c1ccoc1. The van der Waals surface area contributed by atoms with Crippen LogP contribution in [0.15, 0.2) is 53.4 Å². The van der Waals surface area contributed by atoms with Gasteiger partial charge in [-0.3, -0.25) is 14.9 Å². The summed E-state index contributed by atoms with van der Waals surface area (Å²) in [5.74, 6) is -0.349. The van der Waals surface area contributed by atoms with Crippen LogP contribution in [0.5, 0.6) is 0 Å². The van der Waals surface area contributed by atoms with Gasteiger partial charge in [-0.05, 0) is 23.8 Å². The van der Waals surface area contributed by atoms with Gasteiger partial charge >= 0.3 is 0 Å². The molecular weight excluding hydrogens is 398 g/mol. The number of aromatic nitrogens is 1. The minimum Gasteiger partial charge on any atom is -0.472 e. The Hall–Kier alpha value is -2.90. The largest absolute Gasteiger partial charge is 0.472 e. The van der Waals surface area contributed by atoms with E-state index in [4.69, 9.17) is 16.0 Å². The standard InChI is InChI=1S/C20H16ClN3O3S/c21-15-4-2-1-3-13(15)5-6-18(25)24-9-7-16-17(11-24)28-20(22-16)23-19(26)14-8-10-27-12-14/h1-6,8,10,12H,7,9,11H2,(H,22,23,26)/b6-5+. The molecule has 0 aliphatic carbocycles. The van der Waals surface area contributed by atoms with Crippen LogP contribution in [-0.4, -0.2) is 28.2 Å². The summed E-state index contributed by atoms with van der Waals surface area (Å²) in [5.41, 5.74) is 2.17. The number of halogens is 1. The van der Waals surface area contributed by atoms with Crippen molar-refractivity contribution in [1.82, 2.24) is 9.88 Å². The summed E-state index contributed by atoms with van der Waals surface area (Å²) in [7, 11) is 0. The topological polar surface area (TPSA) is 75.4 Å². The van der Waals surface area contributed by atoms with Crippen molar-refractivity contribution < 1.29 is 14.0 Å². The second-order valence-corrected chi connectivity index (χ2v) is 7.71. The average Bonchev–Trinajstić information content (AvgIpc) is 3.36. The first-order chi connectivity index (χ1) is 13.6. The Morgan fingerprint density at radius 3 is 2.93 bits per heavy atom. The van der Waals surface area contributed by atoms with Crippen molar-refractivity contribution in [2.24, 2.45) is 0 Å². The molecule has 0 unspecified atom stereocenters. The Morgan fingerprint density at radius 1 is 1.29 bits per heavy atom. The third-order valence-corrected chi connectivity index (χ3v) is 5.70. The van der Waals surface area contributed by atoms with Crippen LogP contribution in [-0.2, 0) is 17.8 Å². The number of carbonyl (C=O) groups excluding carboxylic acids is 2. The fourth-order valence-electron chi connectivity index (χ4n) is 2.88. The maximum absolute atomic E-state index is 12.5. The molecule has 0 atom stereocenters. The molecule has 3 heterocycles. The molecule has 6 nitrogen and oxygen atoms in total. The number of thiazole rings is 1. The van der Waals surface area contributed by atoms with Crippen LogP contribution in [0.25, 0.3) is 6.08 Å². The molecule has 0 spiro atoms. The average molecular weight is 414 g/mol. The van der Waals surface area contributed by atoms with Crippen molar-refractivity contribution in [1.29, 1.82) is 0 Å². The molecule has 1 aliphatic heterocycles. The van der Waals surface area contributed by atoms with Crippen molar-refractivity contribution in [2.75, 3.05) is 11.9 Å². The Bertz CT molecular complexity index is 1040. The van der Waals surface area contributed by atoms with E-state index >= 15 is 0 Å². The predicted octanol–water partition coefficient (Wildman–Crippen LogP) is 4.24. The molecule has 0 saturated heterocycles. The lowest BCUT2D eigenvalue weighted by atomic mass is 10.1. The molecule has 0 radical (unpaired) electrons. The highest BCUT2D eigenvalue weighted by atomic mass is 35.5. The first-order valence-corrected chi connectivity index (χ1v) is 9.83. The molecule has 2 amide bonds. The fraction of sp³-hybridized carbons (Fsp3) is 0.150. The van der Waals surface area contributed by atoms with E-state index < -0.39 is 0 Å². The van der Waals surface area contributed by atoms with E-state index in [-0.39, 0.29) is 11.8 Å². The minimum atomic E-state index is -0.268. The summed E-state index contributed by atoms with van der Waals surface area (Å²) >= 11 is 7.50. The van der Waals surface area contributed by atoms with Gasteiger partial charge in [0.05, 0.1) is 24.1 Å². The molecule has 1 aromatic carbocycles. The van der Waals surface area contributed by atoms with E-state index in [0.717, 1.165) is 16.1 Å². The second-order valence-electron chi connectivity index (χ2n) is 6.22. The number of amides is 2. The van der Waals surface area contributed by atoms with E-state index in [2.05, 4.69) is 10.3 Å². The van der Waals surface area contributed by atoms with Crippen molar-refractivity contribution >= 4 is 46.0 Å². The number of hydrogen-bond donors (Lipinski definition) is 1. The number of fused-ring (bicyclic) bond motifs is 1. The Balaban J connectivity index is 1.42. The molecule has 4 rings (SSSR count). The molecule has 1 N–H and O–H groups in total. The van der Waals surface area contributed by atoms with Crippen LogP contribution in [0.4, 0.5) is 5.13 Å². The molecule has 2 aromatic heterocycles. The van der Waals surface area contributed by atoms with E-state index in [1.54, 1.807) is 23.1 Å². The number of furan rings is 1. The minimum absolute atomic E-state index is 0.0806. The summed E-state index contributed by atoms with van der Waals surface area (Å²) in [4.78, 5) is 31.9. The maximum Gasteiger partial charge on any atom is 0.260 e. The smallest absolute Gasteiger partial charge is 0.260 e. The third kappa shape index (κ3) is 4.00. The zero-order valence-electron chi connectivity index (χ0n) is 14.7. The quantitative estimate of drug-likeness (QED) is 0.649. The van der Waals surface area contributed by atoms with Gasteiger partial charge in [-0.2, -0.15) is 0 Å². The highest BCUT2D eigenvalue weighted by Crippen LogP contribution is 2.29. The van der Waals surface area contributed by atoms with Crippen molar-refractivity contribution in [3.05, 3.63) is 75.7 Å². The highest BCUT2D eigenvalue weighted by Gasteiger charge is 2.23. The summed E-state index contributed by atoms with van der Waals surface area (Å²) in [6.45, 7) is 1.05. The van der Waals surface area contributed by atoms with Crippen LogP contribution in [0.2, 0.25) is 5.02 Å². The summed E-state index contributed by atoms with van der Waals surface area (Å²) in [5, 5.41) is 3.90. The molecular formula is C20H16ClN3O3S. The van der Waals surface area contributed by atoms with Crippen LogP contribution >= 0.6 is 22.9 Å². The lowest BCUT2D eigenvalue weighted by Gasteiger charge is -2.24. The number of nitrogens with zero attached hydrogens (tertiary/aromatic N) is 2. The molecule has 28 heavy (non-hydrogen) atoms. The normalized spacial score (nSPS) is 13.5. The van der Waals surface area contributed by atoms with Gasteiger partial charge in [-0.15, -0.1) is 0 Å². The zero-order valence-corrected chi connectivity index (χ0v) is 16.3. The maximum atomic E-state index is 12.5. The molecule has 0 fully saturated rings.